The van der Waals surface area contributed by atoms with E-state index >= 15 is 0 Å². The molecule has 1 atom stereocenters. The fourth-order valence-electron chi connectivity index (χ4n) is 4.99. The Balaban J connectivity index is 1.99. The summed E-state index contributed by atoms with van der Waals surface area (Å²) >= 11 is 0. The van der Waals surface area contributed by atoms with Gasteiger partial charge >= 0.3 is 0 Å². The second kappa shape index (κ2) is 8.72. The van der Waals surface area contributed by atoms with Crippen LogP contribution in [0.1, 0.15) is 50.2 Å². The third-order valence-corrected chi connectivity index (χ3v) is 6.48. The highest BCUT2D eigenvalue weighted by atomic mass is 15.3. The number of nitrogens with zero attached hydrogens (tertiary/aromatic N) is 2. The highest BCUT2D eigenvalue weighted by molar-refractivity contribution is 5.46. The molecule has 2 aromatic carbocycles. The molecule has 0 aliphatic carbocycles. The van der Waals surface area contributed by atoms with Crippen molar-refractivity contribution in [1.29, 1.82) is 5.26 Å². The quantitative estimate of drug-likeness (QED) is 0.641. The average molecular weight is 362 g/mol. The van der Waals surface area contributed by atoms with Crippen LogP contribution < -0.4 is 0 Å². The van der Waals surface area contributed by atoms with Gasteiger partial charge < -0.3 is 4.48 Å². The lowest BCUT2D eigenvalue weighted by molar-refractivity contribution is -0.913. The predicted octanol–water partition coefficient (Wildman–Crippen LogP) is 5.54. The molecular weight excluding hydrogens is 328 g/mol. The summed E-state index contributed by atoms with van der Waals surface area (Å²) in [7, 11) is 2.40. The summed E-state index contributed by atoms with van der Waals surface area (Å²) in [5.74, 6) is 0.233. The number of benzene rings is 2. The Bertz CT molecular complexity index is 697. The first kappa shape index (κ1) is 19.6. The van der Waals surface area contributed by atoms with Crippen molar-refractivity contribution in [1.82, 2.24) is 0 Å². The Kier molecular flexibility index (Phi) is 6.34. The second-order valence-electron chi connectivity index (χ2n) is 8.57. The number of likely N-dealkylation sites (tertiary alicyclic amines) is 1. The normalized spacial score (nSPS) is 18.7. The highest BCUT2D eigenvalue weighted by Crippen LogP contribution is 2.40. The van der Waals surface area contributed by atoms with Crippen molar-refractivity contribution in [2.75, 3.05) is 26.7 Å². The zero-order valence-corrected chi connectivity index (χ0v) is 16.9. The summed E-state index contributed by atoms with van der Waals surface area (Å²) < 4.78 is 1.09. The van der Waals surface area contributed by atoms with Crippen LogP contribution >= 0.6 is 0 Å². The number of hydrogen-bond donors (Lipinski definition) is 0. The molecule has 0 unspecified atom stereocenters. The fourth-order valence-corrected chi connectivity index (χ4v) is 4.99. The first-order valence-electron chi connectivity index (χ1n) is 10.5. The van der Waals surface area contributed by atoms with Gasteiger partial charge in [-0.15, -0.1) is 0 Å². The molecule has 0 saturated carbocycles. The van der Waals surface area contributed by atoms with E-state index in [1.165, 1.54) is 45.2 Å². The second-order valence-corrected chi connectivity index (χ2v) is 8.57. The van der Waals surface area contributed by atoms with E-state index in [9.17, 15) is 5.26 Å². The Morgan fingerprint density at radius 3 is 1.74 bits per heavy atom. The van der Waals surface area contributed by atoms with Gasteiger partial charge in [-0.3, -0.25) is 0 Å². The third-order valence-electron chi connectivity index (χ3n) is 6.48. The van der Waals surface area contributed by atoms with E-state index < -0.39 is 5.41 Å². The first-order chi connectivity index (χ1) is 13.1. The summed E-state index contributed by atoms with van der Waals surface area (Å²) in [5.41, 5.74) is 1.63. The standard InChI is InChI=1S/C25H33N2/c1-22(20-27(2)18-12-4-3-5-13-19-27)25(21-26,23-14-8-6-9-15-23)24-16-10-7-11-17-24/h6-11,14-17,22H,3-5,12-13,18-20H2,1-2H3/q+1/t22-/m0/s1. The molecule has 1 aliphatic heterocycles. The summed E-state index contributed by atoms with van der Waals surface area (Å²) in [5, 5.41) is 10.5. The molecule has 0 N–H and O–H groups in total. The average Bonchev–Trinajstić information content (AvgIpc) is 2.68. The van der Waals surface area contributed by atoms with Gasteiger partial charge in [0.15, 0.2) is 0 Å². The molecule has 27 heavy (non-hydrogen) atoms. The Morgan fingerprint density at radius 1 is 0.852 bits per heavy atom. The van der Waals surface area contributed by atoms with Crippen LogP contribution in [0.4, 0.5) is 0 Å². The lowest BCUT2D eigenvalue weighted by Crippen LogP contribution is -2.52. The molecule has 0 amide bonds. The molecule has 3 rings (SSSR count). The summed E-state index contributed by atoms with van der Waals surface area (Å²) in [6.45, 7) is 5.79. The van der Waals surface area contributed by atoms with Gasteiger partial charge in [-0.05, 0) is 36.8 Å². The van der Waals surface area contributed by atoms with Gasteiger partial charge in [0.05, 0.1) is 32.8 Å². The molecule has 1 saturated heterocycles. The molecular formula is C25H33N2+. The van der Waals surface area contributed by atoms with Crippen LogP contribution in [0.15, 0.2) is 60.7 Å². The van der Waals surface area contributed by atoms with Crippen LogP contribution in [0.3, 0.4) is 0 Å². The van der Waals surface area contributed by atoms with Crippen LogP contribution in [0, 0.1) is 17.2 Å². The largest absolute Gasteiger partial charge is 0.326 e. The number of nitriles is 1. The zero-order chi connectivity index (χ0) is 19.2. The van der Waals surface area contributed by atoms with Crippen LogP contribution in [-0.2, 0) is 5.41 Å². The highest BCUT2D eigenvalue weighted by Gasteiger charge is 2.43. The minimum absolute atomic E-state index is 0.233. The Labute approximate surface area is 165 Å². The molecule has 1 fully saturated rings. The van der Waals surface area contributed by atoms with Crippen molar-refractivity contribution in [2.24, 2.45) is 5.92 Å². The molecule has 0 bridgehead atoms. The zero-order valence-electron chi connectivity index (χ0n) is 16.9. The lowest BCUT2D eigenvalue weighted by Gasteiger charge is -2.42. The minimum atomic E-state index is -0.605. The van der Waals surface area contributed by atoms with Crippen LogP contribution in [0.25, 0.3) is 0 Å². The molecule has 2 nitrogen and oxygen atoms in total. The van der Waals surface area contributed by atoms with Crippen LogP contribution in [0.2, 0.25) is 0 Å². The maximum atomic E-state index is 10.5. The third kappa shape index (κ3) is 4.25. The smallest absolute Gasteiger partial charge is 0.115 e. The van der Waals surface area contributed by atoms with Gasteiger partial charge in [-0.2, -0.15) is 5.26 Å². The first-order valence-corrected chi connectivity index (χ1v) is 10.5. The molecule has 0 aromatic heterocycles. The molecule has 1 aliphatic rings. The minimum Gasteiger partial charge on any atom is -0.326 e. The molecule has 2 aromatic rings. The monoisotopic (exact) mass is 361 g/mol. The molecule has 0 radical (unpaired) electrons. The molecule has 2 heteroatoms. The van der Waals surface area contributed by atoms with E-state index in [2.05, 4.69) is 68.6 Å². The molecule has 142 valence electrons. The van der Waals surface area contributed by atoms with Crippen LogP contribution in [-0.4, -0.2) is 31.2 Å². The van der Waals surface area contributed by atoms with E-state index in [1.54, 1.807) is 0 Å². The molecule has 0 spiro atoms. The van der Waals surface area contributed by atoms with Crippen molar-refractivity contribution < 1.29 is 4.48 Å². The van der Waals surface area contributed by atoms with Gasteiger partial charge in [0.2, 0.25) is 0 Å². The van der Waals surface area contributed by atoms with Crippen molar-refractivity contribution in [3.05, 3.63) is 71.8 Å². The van der Waals surface area contributed by atoms with Gasteiger partial charge in [0.25, 0.3) is 0 Å². The van der Waals surface area contributed by atoms with Gasteiger partial charge in [0, 0.05) is 5.92 Å². The van der Waals surface area contributed by atoms with Gasteiger partial charge in [-0.25, -0.2) is 0 Å². The van der Waals surface area contributed by atoms with E-state index in [1.807, 2.05) is 12.1 Å². The van der Waals surface area contributed by atoms with E-state index in [-0.39, 0.29) is 5.92 Å². The summed E-state index contributed by atoms with van der Waals surface area (Å²) in [6, 6.07) is 23.6. The maximum Gasteiger partial charge on any atom is 0.115 e. The number of rotatable bonds is 5. The van der Waals surface area contributed by atoms with Crippen LogP contribution in [0.5, 0.6) is 0 Å². The maximum absolute atomic E-state index is 10.5. The summed E-state index contributed by atoms with van der Waals surface area (Å²) in [4.78, 5) is 0. The van der Waals surface area contributed by atoms with E-state index in [0.29, 0.717) is 0 Å². The lowest BCUT2D eigenvalue weighted by atomic mass is 9.67. The number of quaternary nitrogens is 1. The number of hydrogen-bond acceptors (Lipinski definition) is 1. The van der Waals surface area contributed by atoms with Crippen molar-refractivity contribution in [3.63, 3.8) is 0 Å². The Hall–Kier alpha value is -2.11. The van der Waals surface area contributed by atoms with Gasteiger partial charge in [0.1, 0.15) is 5.41 Å². The van der Waals surface area contributed by atoms with Crippen molar-refractivity contribution >= 4 is 0 Å². The van der Waals surface area contributed by atoms with E-state index in [4.69, 9.17) is 0 Å². The van der Waals surface area contributed by atoms with E-state index in [0.717, 1.165) is 22.2 Å². The SMILES string of the molecule is C[C@@H](C[N+]1(C)CCCCCCC1)C(C#N)(c1ccccc1)c1ccccc1. The fraction of sp³-hybridized carbons (Fsp3) is 0.480. The predicted molar refractivity (Wildman–Crippen MR) is 112 cm³/mol. The topological polar surface area (TPSA) is 23.8 Å². The van der Waals surface area contributed by atoms with Gasteiger partial charge in [-0.1, -0.05) is 74.0 Å². The summed E-state index contributed by atoms with van der Waals surface area (Å²) in [6.07, 6.45) is 6.69. The molecule has 1 heterocycles. The Morgan fingerprint density at radius 2 is 1.30 bits per heavy atom. The van der Waals surface area contributed by atoms with Crippen molar-refractivity contribution in [3.8, 4) is 6.07 Å². The van der Waals surface area contributed by atoms with Crippen molar-refractivity contribution in [2.45, 2.75) is 44.4 Å².